The van der Waals surface area contributed by atoms with Crippen LogP contribution in [0.25, 0.3) is 21.9 Å². The average molecular weight is 368 g/mol. The molecule has 0 saturated carbocycles. The van der Waals surface area contributed by atoms with E-state index in [0.29, 0.717) is 5.55 Å². The lowest BCUT2D eigenvalue weighted by atomic mass is 10.1. The van der Waals surface area contributed by atoms with Gasteiger partial charge in [-0.3, -0.25) is 0 Å². The number of hydrogen-bond acceptors (Lipinski definition) is 3. The van der Waals surface area contributed by atoms with E-state index in [4.69, 9.17) is 8.83 Å². The van der Waals surface area contributed by atoms with E-state index in [-0.39, 0.29) is 0 Å². The highest BCUT2D eigenvalue weighted by atomic mass is 79.9. The molecule has 3 nitrogen and oxygen atoms in total. The number of benzene rings is 2. The Kier molecular flexibility index (Phi) is 3.34. The van der Waals surface area contributed by atoms with Crippen molar-refractivity contribution in [2.24, 2.45) is 4.99 Å². The van der Waals surface area contributed by atoms with Gasteiger partial charge in [-0.1, -0.05) is 28.1 Å². The van der Waals surface area contributed by atoms with Crippen LogP contribution in [0.3, 0.4) is 0 Å². The minimum Gasteiger partial charge on any atom is -0.452 e. The second-order valence-electron chi connectivity index (χ2n) is 5.57. The van der Waals surface area contributed by atoms with Crippen LogP contribution in [0.15, 0.2) is 66.8 Å². The predicted molar refractivity (Wildman–Crippen MR) is 94.8 cm³/mol. The summed E-state index contributed by atoms with van der Waals surface area (Å²) in [5.41, 5.74) is 4.24. The normalized spacial score (nSPS) is 12.4. The lowest BCUT2D eigenvalue weighted by molar-refractivity contribution is 0.463. The van der Waals surface area contributed by atoms with Crippen LogP contribution in [0, 0.1) is 13.8 Å². The molecule has 0 radical (unpaired) electrons. The van der Waals surface area contributed by atoms with Gasteiger partial charge in [-0.25, -0.2) is 4.99 Å². The molecule has 0 unspecified atom stereocenters. The standard InChI is InChI=1S/C19H14BrNO2/c1-11-3-8-15-16-10-18(21-14-6-4-13(20)5-7-14)22-12(2)19(16)23-17(15)9-11/h3-10H,1-2H3. The fraction of sp³-hybridized carbons (Fsp3) is 0.105. The van der Waals surface area contributed by atoms with Crippen molar-refractivity contribution in [1.29, 1.82) is 0 Å². The van der Waals surface area contributed by atoms with Crippen LogP contribution in [-0.4, -0.2) is 0 Å². The molecular weight excluding hydrogens is 354 g/mol. The van der Waals surface area contributed by atoms with Gasteiger partial charge in [-0.2, -0.15) is 0 Å². The SMILES string of the molecule is Cc1ccc2c(c1)oc1c(C)oc(=Nc3ccc(Br)cc3)cc12. The van der Waals surface area contributed by atoms with Crippen molar-refractivity contribution >= 4 is 43.6 Å². The first-order valence-corrected chi connectivity index (χ1v) is 8.13. The lowest BCUT2D eigenvalue weighted by Gasteiger charge is -1.97. The van der Waals surface area contributed by atoms with Gasteiger partial charge in [0.2, 0.25) is 5.55 Å². The maximum atomic E-state index is 5.94. The van der Waals surface area contributed by atoms with Crippen LogP contribution in [0.4, 0.5) is 5.69 Å². The van der Waals surface area contributed by atoms with E-state index in [0.717, 1.165) is 37.9 Å². The van der Waals surface area contributed by atoms with Gasteiger partial charge in [0.25, 0.3) is 0 Å². The summed E-state index contributed by atoms with van der Waals surface area (Å²) in [7, 11) is 0. The second kappa shape index (κ2) is 5.39. The number of furan rings is 1. The summed E-state index contributed by atoms with van der Waals surface area (Å²) in [6.45, 7) is 3.95. The summed E-state index contributed by atoms with van der Waals surface area (Å²) in [6, 6.07) is 15.9. The summed E-state index contributed by atoms with van der Waals surface area (Å²) in [4.78, 5) is 4.57. The summed E-state index contributed by atoms with van der Waals surface area (Å²) >= 11 is 3.43. The smallest absolute Gasteiger partial charge is 0.220 e. The largest absolute Gasteiger partial charge is 0.452 e. The number of halogens is 1. The Hall–Kier alpha value is -2.33. The van der Waals surface area contributed by atoms with Crippen molar-refractivity contribution in [3.05, 3.63) is 69.9 Å². The zero-order valence-corrected chi connectivity index (χ0v) is 14.3. The fourth-order valence-corrected chi connectivity index (χ4v) is 2.95. The molecule has 0 spiro atoms. The molecule has 2 aromatic carbocycles. The van der Waals surface area contributed by atoms with Crippen LogP contribution in [0.2, 0.25) is 0 Å². The van der Waals surface area contributed by atoms with E-state index in [2.05, 4.69) is 40.0 Å². The molecule has 4 aromatic rings. The minimum atomic E-state index is 0.570. The molecule has 0 atom stereocenters. The molecule has 114 valence electrons. The van der Waals surface area contributed by atoms with Crippen molar-refractivity contribution < 1.29 is 8.83 Å². The summed E-state index contributed by atoms with van der Waals surface area (Å²) in [5.74, 6) is 0.729. The number of rotatable bonds is 1. The van der Waals surface area contributed by atoms with Crippen molar-refractivity contribution in [3.8, 4) is 0 Å². The molecule has 2 aromatic heterocycles. The molecule has 4 rings (SSSR count). The molecular formula is C19H14BrNO2. The molecule has 0 aliphatic heterocycles. The van der Waals surface area contributed by atoms with Crippen LogP contribution in [0.5, 0.6) is 0 Å². The van der Waals surface area contributed by atoms with Gasteiger partial charge in [-0.05, 0) is 49.7 Å². The molecule has 0 bridgehead atoms. The van der Waals surface area contributed by atoms with Gasteiger partial charge in [0.1, 0.15) is 11.3 Å². The molecule has 0 N–H and O–H groups in total. The van der Waals surface area contributed by atoms with E-state index in [1.165, 1.54) is 5.56 Å². The Balaban J connectivity index is 1.98. The average Bonchev–Trinajstić information content (AvgIpc) is 2.88. The van der Waals surface area contributed by atoms with Gasteiger partial charge in [-0.15, -0.1) is 0 Å². The molecule has 4 heteroatoms. The number of hydrogen-bond donors (Lipinski definition) is 0. The van der Waals surface area contributed by atoms with E-state index in [1.54, 1.807) is 0 Å². The third-order valence-corrected chi connectivity index (χ3v) is 4.32. The number of fused-ring (bicyclic) bond motifs is 3. The van der Waals surface area contributed by atoms with Crippen molar-refractivity contribution in [1.82, 2.24) is 0 Å². The summed E-state index contributed by atoms with van der Waals surface area (Å²) in [6.07, 6.45) is 0. The first-order valence-electron chi connectivity index (χ1n) is 7.34. The predicted octanol–water partition coefficient (Wildman–Crippen LogP) is 5.79. The van der Waals surface area contributed by atoms with Crippen LogP contribution in [-0.2, 0) is 0 Å². The Labute approximate surface area is 141 Å². The highest BCUT2D eigenvalue weighted by Gasteiger charge is 2.11. The van der Waals surface area contributed by atoms with Gasteiger partial charge in [0.15, 0.2) is 5.58 Å². The maximum Gasteiger partial charge on any atom is 0.220 e. The number of nitrogens with zero attached hydrogens (tertiary/aromatic N) is 1. The molecule has 0 aliphatic carbocycles. The third-order valence-electron chi connectivity index (χ3n) is 3.80. The lowest BCUT2D eigenvalue weighted by Crippen LogP contribution is -1.99. The van der Waals surface area contributed by atoms with Crippen molar-refractivity contribution in [2.75, 3.05) is 0 Å². The van der Waals surface area contributed by atoms with Gasteiger partial charge in [0, 0.05) is 21.3 Å². The van der Waals surface area contributed by atoms with E-state index in [1.807, 2.05) is 43.3 Å². The van der Waals surface area contributed by atoms with E-state index < -0.39 is 0 Å². The zero-order valence-electron chi connectivity index (χ0n) is 12.8. The first kappa shape index (κ1) is 14.3. The van der Waals surface area contributed by atoms with Crippen LogP contribution >= 0.6 is 15.9 Å². The minimum absolute atomic E-state index is 0.570. The Morgan fingerprint density at radius 1 is 0.870 bits per heavy atom. The highest BCUT2D eigenvalue weighted by Crippen LogP contribution is 2.30. The third kappa shape index (κ3) is 2.59. The van der Waals surface area contributed by atoms with E-state index >= 15 is 0 Å². The first-order chi connectivity index (χ1) is 11.1. The number of aryl methyl sites for hydroxylation is 2. The summed E-state index contributed by atoms with van der Waals surface area (Å²) in [5, 5.41) is 2.11. The molecule has 0 saturated heterocycles. The van der Waals surface area contributed by atoms with E-state index in [9.17, 15) is 0 Å². The summed E-state index contributed by atoms with van der Waals surface area (Å²) < 4.78 is 12.8. The van der Waals surface area contributed by atoms with Gasteiger partial charge >= 0.3 is 0 Å². The maximum absolute atomic E-state index is 5.94. The fourth-order valence-electron chi connectivity index (χ4n) is 2.68. The van der Waals surface area contributed by atoms with Crippen molar-refractivity contribution in [2.45, 2.75) is 13.8 Å². The van der Waals surface area contributed by atoms with Crippen LogP contribution < -0.4 is 5.55 Å². The highest BCUT2D eigenvalue weighted by molar-refractivity contribution is 9.10. The van der Waals surface area contributed by atoms with Gasteiger partial charge in [0.05, 0.1) is 5.69 Å². The quantitative estimate of drug-likeness (QED) is 0.427. The van der Waals surface area contributed by atoms with Crippen LogP contribution in [0.1, 0.15) is 11.3 Å². The second-order valence-corrected chi connectivity index (χ2v) is 6.49. The molecule has 0 fully saturated rings. The molecule has 2 heterocycles. The topological polar surface area (TPSA) is 38.6 Å². The monoisotopic (exact) mass is 367 g/mol. The Bertz CT molecular complexity index is 1090. The Morgan fingerprint density at radius 2 is 1.65 bits per heavy atom. The molecule has 0 aliphatic rings. The molecule has 23 heavy (non-hydrogen) atoms. The zero-order chi connectivity index (χ0) is 16.0. The van der Waals surface area contributed by atoms with Crippen molar-refractivity contribution in [3.63, 3.8) is 0 Å². The Morgan fingerprint density at radius 3 is 2.43 bits per heavy atom. The molecule has 0 amide bonds. The van der Waals surface area contributed by atoms with Gasteiger partial charge < -0.3 is 8.83 Å².